The predicted octanol–water partition coefficient (Wildman–Crippen LogP) is 2.82. The maximum Gasteiger partial charge on any atom is 0.256 e. The first kappa shape index (κ1) is 16.7. The van der Waals surface area contributed by atoms with Gasteiger partial charge < -0.3 is 15.2 Å². The van der Waals surface area contributed by atoms with Gasteiger partial charge in [0.1, 0.15) is 0 Å². The minimum atomic E-state index is -1.31. The first-order chi connectivity index (χ1) is 13.0. The van der Waals surface area contributed by atoms with E-state index in [1.165, 1.54) is 6.07 Å². The minimum absolute atomic E-state index is 0.00886. The molecular formula is C22H14NO4-. The lowest BCUT2D eigenvalue weighted by Crippen LogP contribution is -2.23. The van der Waals surface area contributed by atoms with E-state index in [0.29, 0.717) is 22.4 Å². The van der Waals surface area contributed by atoms with Gasteiger partial charge in [-0.1, -0.05) is 42.5 Å². The summed E-state index contributed by atoms with van der Waals surface area (Å²) in [4.78, 5) is 36.8. The lowest BCUT2D eigenvalue weighted by Gasteiger charge is -2.12. The maximum absolute atomic E-state index is 12.8. The number of hydrogen-bond acceptors (Lipinski definition) is 4. The van der Waals surface area contributed by atoms with Gasteiger partial charge in [0, 0.05) is 22.4 Å². The zero-order chi connectivity index (χ0) is 19.1. The lowest BCUT2D eigenvalue weighted by atomic mass is 10.00. The Hall–Kier alpha value is -3.73. The second kappa shape index (κ2) is 6.21. The Balaban J connectivity index is 1.72. The van der Waals surface area contributed by atoms with Crippen LogP contribution < -0.4 is 10.4 Å². The summed E-state index contributed by atoms with van der Waals surface area (Å²) in [5.74, 6) is -1.97. The molecule has 5 heteroatoms. The fraction of sp³-hybridized carbons (Fsp3) is 0.0455. The van der Waals surface area contributed by atoms with Crippen LogP contribution in [-0.4, -0.2) is 17.7 Å². The molecule has 0 heterocycles. The molecule has 0 aliphatic heterocycles. The quantitative estimate of drug-likeness (QED) is 0.611. The molecule has 27 heavy (non-hydrogen) atoms. The number of aromatic carboxylic acids is 1. The van der Waals surface area contributed by atoms with Crippen molar-refractivity contribution in [2.24, 2.45) is 0 Å². The van der Waals surface area contributed by atoms with Gasteiger partial charge in [-0.15, -0.1) is 0 Å². The van der Waals surface area contributed by atoms with Crippen LogP contribution >= 0.6 is 0 Å². The van der Waals surface area contributed by atoms with Gasteiger partial charge in [-0.3, -0.25) is 9.59 Å². The van der Waals surface area contributed by atoms with Crippen LogP contribution in [-0.2, 0) is 0 Å². The number of rotatable bonds is 3. The average Bonchev–Trinajstić information content (AvgIpc) is 2.96. The third-order valence-electron chi connectivity index (χ3n) is 4.71. The molecule has 0 fully saturated rings. The number of fused-ring (bicyclic) bond motifs is 3. The molecule has 3 aromatic rings. The van der Waals surface area contributed by atoms with Gasteiger partial charge in [0.2, 0.25) is 0 Å². The highest BCUT2D eigenvalue weighted by Crippen LogP contribution is 2.38. The molecule has 5 nitrogen and oxygen atoms in total. The first-order valence-electron chi connectivity index (χ1n) is 8.38. The molecule has 0 aromatic heterocycles. The number of carbonyl (C=O) groups is 3. The Labute approximate surface area is 155 Å². The standard InChI is InChI=1S/C22H15NO4/c1-12-9-10-13(11-18(12)22(26)27)23-21(25)17-8-4-7-15-14-5-2-3-6-16(14)20(24)19(15)17/h2-11H,1H3,(H,23,25)(H,26,27)/p-1. The Morgan fingerprint density at radius 1 is 0.852 bits per heavy atom. The second-order valence-corrected chi connectivity index (χ2v) is 6.37. The van der Waals surface area contributed by atoms with Crippen molar-refractivity contribution in [3.05, 3.63) is 88.5 Å². The van der Waals surface area contributed by atoms with Gasteiger partial charge in [-0.2, -0.15) is 0 Å². The highest BCUT2D eigenvalue weighted by atomic mass is 16.4. The van der Waals surface area contributed by atoms with E-state index in [2.05, 4.69) is 5.32 Å². The van der Waals surface area contributed by atoms with E-state index >= 15 is 0 Å². The van der Waals surface area contributed by atoms with Crippen molar-refractivity contribution in [2.45, 2.75) is 6.92 Å². The predicted molar refractivity (Wildman–Crippen MR) is 98.8 cm³/mol. The topological polar surface area (TPSA) is 86.3 Å². The van der Waals surface area contributed by atoms with Gasteiger partial charge in [0.25, 0.3) is 5.91 Å². The zero-order valence-electron chi connectivity index (χ0n) is 14.4. The molecule has 3 aromatic carbocycles. The van der Waals surface area contributed by atoms with E-state index in [0.717, 1.165) is 11.1 Å². The monoisotopic (exact) mass is 356 g/mol. The van der Waals surface area contributed by atoms with Gasteiger partial charge in [0.05, 0.1) is 11.5 Å². The zero-order valence-corrected chi connectivity index (χ0v) is 14.4. The molecule has 0 atom stereocenters. The summed E-state index contributed by atoms with van der Waals surface area (Å²) in [6.07, 6.45) is 0. The largest absolute Gasteiger partial charge is 0.545 e. The molecule has 1 amide bonds. The number of benzene rings is 3. The van der Waals surface area contributed by atoms with Crippen LogP contribution in [0.1, 0.15) is 42.2 Å². The fourth-order valence-corrected chi connectivity index (χ4v) is 3.38. The molecule has 0 saturated heterocycles. The number of nitrogens with one attached hydrogen (secondary N) is 1. The summed E-state index contributed by atoms with van der Waals surface area (Å²) < 4.78 is 0. The van der Waals surface area contributed by atoms with Crippen LogP contribution in [0.15, 0.2) is 60.7 Å². The van der Waals surface area contributed by atoms with E-state index in [-0.39, 0.29) is 16.9 Å². The first-order valence-corrected chi connectivity index (χ1v) is 8.38. The average molecular weight is 356 g/mol. The van der Waals surface area contributed by atoms with Gasteiger partial charge in [-0.25, -0.2) is 0 Å². The molecule has 0 radical (unpaired) electrons. The fourth-order valence-electron chi connectivity index (χ4n) is 3.38. The van der Waals surface area contributed by atoms with E-state index < -0.39 is 11.9 Å². The van der Waals surface area contributed by atoms with Gasteiger partial charge in [0.15, 0.2) is 5.78 Å². The van der Waals surface area contributed by atoms with Crippen LogP contribution in [0.25, 0.3) is 11.1 Å². The van der Waals surface area contributed by atoms with Gasteiger partial charge >= 0.3 is 0 Å². The molecular weight excluding hydrogens is 342 g/mol. The number of carboxylic acid groups (broad SMARTS) is 1. The van der Waals surface area contributed by atoms with Crippen molar-refractivity contribution in [2.75, 3.05) is 5.32 Å². The number of anilines is 1. The van der Waals surface area contributed by atoms with E-state index in [1.807, 2.05) is 18.2 Å². The second-order valence-electron chi connectivity index (χ2n) is 6.37. The number of aryl methyl sites for hydroxylation is 1. The number of hydrogen-bond donors (Lipinski definition) is 1. The van der Waals surface area contributed by atoms with Crippen LogP contribution in [0.2, 0.25) is 0 Å². The summed E-state index contributed by atoms with van der Waals surface area (Å²) >= 11 is 0. The molecule has 132 valence electrons. The SMILES string of the molecule is Cc1ccc(NC(=O)c2cccc3c2C(=O)c2ccccc2-3)cc1C(=O)[O-]. The smallest absolute Gasteiger partial charge is 0.256 e. The summed E-state index contributed by atoms with van der Waals surface area (Å²) in [7, 11) is 0. The summed E-state index contributed by atoms with van der Waals surface area (Å²) in [6.45, 7) is 1.65. The van der Waals surface area contributed by atoms with Crippen molar-refractivity contribution >= 4 is 23.3 Å². The third kappa shape index (κ3) is 2.69. The molecule has 4 rings (SSSR count). The van der Waals surface area contributed by atoms with Crippen LogP contribution in [0, 0.1) is 6.92 Å². The Morgan fingerprint density at radius 2 is 1.56 bits per heavy atom. The van der Waals surface area contributed by atoms with Crippen molar-refractivity contribution in [3.8, 4) is 11.1 Å². The molecule has 1 N–H and O–H groups in total. The van der Waals surface area contributed by atoms with Crippen LogP contribution in [0.3, 0.4) is 0 Å². The number of amides is 1. The van der Waals surface area contributed by atoms with E-state index in [4.69, 9.17) is 0 Å². The highest BCUT2D eigenvalue weighted by Gasteiger charge is 2.30. The molecule has 0 bridgehead atoms. The van der Waals surface area contributed by atoms with Crippen molar-refractivity contribution in [3.63, 3.8) is 0 Å². The normalized spacial score (nSPS) is 11.7. The minimum Gasteiger partial charge on any atom is -0.545 e. The van der Waals surface area contributed by atoms with Crippen LogP contribution in [0.4, 0.5) is 5.69 Å². The van der Waals surface area contributed by atoms with Gasteiger partial charge in [-0.05, 0) is 41.8 Å². The van der Waals surface area contributed by atoms with E-state index in [1.54, 1.807) is 43.3 Å². The maximum atomic E-state index is 12.8. The molecule has 1 aliphatic rings. The molecule has 0 spiro atoms. The summed E-state index contributed by atoms with van der Waals surface area (Å²) in [5, 5.41) is 13.9. The summed E-state index contributed by atoms with van der Waals surface area (Å²) in [5.41, 5.74) is 3.60. The lowest BCUT2D eigenvalue weighted by molar-refractivity contribution is -0.255. The molecule has 0 saturated carbocycles. The third-order valence-corrected chi connectivity index (χ3v) is 4.71. The number of carboxylic acids is 1. The Morgan fingerprint density at radius 3 is 2.30 bits per heavy atom. The molecule has 0 unspecified atom stereocenters. The Bertz CT molecular complexity index is 1130. The van der Waals surface area contributed by atoms with Crippen molar-refractivity contribution in [1.82, 2.24) is 0 Å². The van der Waals surface area contributed by atoms with Crippen LogP contribution in [0.5, 0.6) is 0 Å². The van der Waals surface area contributed by atoms with Crippen molar-refractivity contribution < 1.29 is 19.5 Å². The molecule has 1 aliphatic carbocycles. The Kier molecular flexibility index (Phi) is 3.85. The number of ketones is 1. The highest BCUT2D eigenvalue weighted by molar-refractivity contribution is 6.26. The van der Waals surface area contributed by atoms with Crippen molar-refractivity contribution in [1.29, 1.82) is 0 Å². The number of carbonyl (C=O) groups excluding carboxylic acids is 3. The van der Waals surface area contributed by atoms with E-state index in [9.17, 15) is 19.5 Å². The summed E-state index contributed by atoms with van der Waals surface area (Å²) in [6, 6.07) is 16.9.